The first-order valence-electron chi connectivity index (χ1n) is 4.03. The number of hydrogen-bond donors (Lipinski definition) is 0. The van der Waals surface area contributed by atoms with E-state index in [0.717, 1.165) is 6.42 Å². The summed E-state index contributed by atoms with van der Waals surface area (Å²) in [4.78, 5) is 0. The largest absolute Gasteiger partial charge is 0.0812 e. The van der Waals surface area contributed by atoms with Crippen molar-refractivity contribution >= 4 is 50.2 Å². The molecule has 0 spiro atoms. The van der Waals surface area contributed by atoms with E-state index in [2.05, 4.69) is 21.0 Å². The molecule has 0 saturated carbocycles. The normalized spacial score (nSPS) is 11.5. The Kier molecular flexibility index (Phi) is 7.42. The van der Waals surface area contributed by atoms with Gasteiger partial charge in [0.25, 0.3) is 0 Å². The molecule has 0 aromatic rings. The summed E-state index contributed by atoms with van der Waals surface area (Å²) in [5.41, 5.74) is 0. The van der Waals surface area contributed by atoms with Crippen LogP contribution in [0.15, 0.2) is 0 Å². The van der Waals surface area contributed by atoms with Gasteiger partial charge in [0.2, 0.25) is 0 Å². The second-order valence-corrected chi connectivity index (χ2v) is 2.73. The molecule has 0 rings (SSSR count). The predicted molar refractivity (Wildman–Crippen MR) is 60.0 cm³/mol. The third-order valence-electron chi connectivity index (χ3n) is 1.75. The van der Waals surface area contributed by atoms with Crippen LogP contribution in [0.5, 0.6) is 0 Å². The Morgan fingerprint density at radius 2 is 2.09 bits per heavy atom. The summed E-state index contributed by atoms with van der Waals surface area (Å²) < 4.78 is 0. The van der Waals surface area contributed by atoms with Gasteiger partial charge in [0.1, 0.15) is 0 Å². The summed E-state index contributed by atoms with van der Waals surface area (Å²) in [6, 6.07) is 0. The van der Waals surface area contributed by atoms with Gasteiger partial charge in [-0.15, -0.1) is 0 Å². The molecule has 46 valence electrons. The zero-order valence-corrected chi connectivity index (χ0v) is 7.33. The van der Waals surface area contributed by atoms with Crippen molar-refractivity contribution in [3.8, 4) is 0 Å². The standard InChI is InChI=1S/C4H9B7/c1-3-4(2)7-11(9-6)10-8-5/h4H,3H2,1-2H3. The van der Waals surface area contributed by atoms with Crippen molar-refractivity contribution in [2.45, 2.75) is 26.1 Å². The van der Waals surface area contributed by atoms with Gasteiger partial charge in [0.05, 0.1) is 7.17 Å². The van der Waals surface area contributed by atoms with Crippen LogP contribution in [0.1, 0.15) is 20.3 Å². The number of hydrogen-bond acceptors (Lipinski definition) is 0. The highest BCUT2D eigenvalue weighted by molar-refractivity contribution is 7.75. The highest BCUT2D eigenvalue weighted by atomic mass is 13.8. The molecular formula is C4H9B7. The molecule has 0 saturated heterocycles. The van der Waals surface area contributed by atoms with Crippen molar-refractivity contribution in [2.75, 3.05) is 0 Å². The van der Waals surface area contributed by atoms with Crippen LogP contribution >= 0.6 is 0 Å². The molecule has 0 aliphatic heterocycles. The summed E-state index contributed by atoms with van der Waals surface area (Å²) in [6.07, 6.45) is 1.36. The summed E-state index contributed by atoms with van der Waals surface area (Å²) in [5, 5.41) is 0. The topological polar surface area (TPSA) is 0 Å². The first-order valence-corrected chi connectivity index (χ1v) is 4.03. The van der Waals surface area contributed by atoms with E-state index in [1.54, 1.807) is 7.06 Å². The molecule has 0 fully saturated rings. The van der Waals surface area contributed by atoms with E-state index in [1.807, 2.05) is 7.06 Å². The van der Waals surface area contributed by atoms with Crippen LogP contribution in [0.25, 0.3) is 0 Å². The van der Waals surface area contributed by atoms with Gasteiger partial charge >= 0.3 is 0 Å². The van der Waals surface area contributed by atoms with Crippen LogP contribution in [0.3, 0.4) is 0 Å². The SMILES string of the molecule is [B][B][B]B([B][B])[B]C(C)CC. The predicted octanol–water partition coefficient (Wildman–Crippen LogP) is -0.912. The van der Waals surface area contributed by atoms with Crippen molar-refractivity contribution in [1.82, 2.24) is 0 Å². The zero-order valence-electron chi connectivity index (χ0n) is 7.33. The van der Waals surface area contributed by atoms with Crippen molar-refractivity contribution in [3.63, 3.8) is 0 Å². The Labute approximate surface area is 76.8 Å². The molecule has 0 nitrogen and oxygen atoms in total. The molecule has 0 aliphatic carbocycles. The lowest BCUT2D eigenvalue weighted by atomic mass is 8.80. The lowest BCUT2D eigenvalue weighted by Gasteiger charge is -2.13. The van der Waals surface area contributed by atoms with Gasteiger partial charge in [0.15, 0.2) is 0 Å². The molecule has 0 heterocycles. The molecular weight excluding hydrogens is 124 g/mol. The van der Waals surface area contributed by atoms with Crippen LogP contribution in [0, 0.1) is 0 Å². The average Bonchev–Trinajstić information content (AvgIpc) is 2.03. The third-order valence-corrected chi connectivity index (χ3v) is 1.75. The average molecular weight is 133 g/mol. The first-order chi connectivity index (χ1) is 5.24. The molecule has 0 aliphatic rings. The van der Waals surface area contributed by atoms with Gasteiger partial charge in [-0.25, -0.2) is 0 Å². The Morgan fingerprint density at radius 1 is 1.45 bits per heavy atom. The van der Waals surface area contributed by atoms with Gasteiger partial charge in [-0.05, 0) is 0 Å². The highest BCUT2D eigenvalue weighted by Gasteiger charge is 2.12. The number of rotatable bonds is 6. The van der Waals surface area contributed by atoms with E-state index in [0.29, 0.717) is 5.82 Å². The Balaban J connectivity index is 3.49. The second kappa shape index (κ2) is 7.12. The summed E-state index contributed by atoms with van der Waals surface area (Å²) in [6.45, 7) is 4.32. The summed E-state index contributed by atoms with van der Waals surface area (Å²) in [7, 11) is 17.9. The molecule has 0 N–H and O–H groups in total. The maximum Gasteiger partial charge on any atom is 0.0583 e. The molecule has 8 radical (unpaired) electrons. The van der Waals surface area contributed by atoms with Crippen LogP contribution < -0.4 is 0 Å². The molecule has 7 heteroatoms. The fourth-order valence-corrected chi connectivity index (χ4v) is 0.836. The van der Waals surface area contributed by atoms with Crippen LogP contribution in [-0.4, -0.2) is 50.2 Å². The Morgan fingerprint density at radius 3 is 2.45 bits per heavy atom. The quantitative estimate of drug-likeness (QED) is 0.411. The van der Waals surface area contributed by atoms with Crippen LogP contribution in [0.2, 0.25) is 5.82 Å². The summed E-state index contributed by atoms with van der Waals surface area (Å²) >= 11 is 0. The van der Waals surface area contributed by atoms with Crippen LogP contribution in [0.4, 0.5) is 0 Å². The minimum Gasteiger partial charge on any atom is -0.0812 e. The second-order valence-electron chi connectivity index (χ2n) is 2.73. The smallest absolute Gasteiger partial charge is 0.0583 e. The molecule has 0 bridgehead atoms. The lowest BCUT2D eigenvalue weighted by Crippen LogP contribution is -2.42. The van der Waals surface area contributed by atoms with E-state index in [9.17, 15) is 0 Å². The Hall–Kier alpha value is 0.455. The molecule has 0 aromatic carbocycles. The first kappa shape index (κ1) is 11.5. The van der Waals surface area contributed by atoms with E-state index >= 15 is 0 Å². The molecule has 0 amide bonds. The van der Waals surface area contributed by atoms with E-state index in [-0.39, 0.29) is 6.39 Å². The monoisotopic (exact) mass is 134 g/mol. The fourth-order valence-electron chi connectivity index (χ4n) is 0.836. The van der Waals surface area contributed by atoms with Crippen molar-refractivity contribution in [3.05, 3.63) is 0 Å². The highest BCUT2D eigenvalue weighted by Crippen LogP contribution is 2.05. The summed E-state index contributed by atoms with van der Waals surface area (Å²) in [5.74, 6) is 0.594. The van der Waals surface area contributed by atoms with E-state index < -0.39 is 0 Å². The fraction of sp³-hybridized carbons (Fsp3) is 1.00. The minimum atomic E-state index is 0.218. The molecule has 0 aromatic heterocycles. The van der Waals surface area contributed by atoms with Gasteiger partial charge in [-0.3, -0.25) is 0 Å². The van der Waals surface area contributed by atoms with Crippen molar-refractivity contribution < 1.29 is 0 Å². The molecule has 1 atom stereocenters. The maximum atomic E-state index is 5.40. The van der Waals surface area contributed by atoms with E-state index in [4.69, 9.17) is 15.5 Å². The third kappa shape index (κ3) is 5.70. The molecule has 11 heavy (non-hydrogen) atoms. The molecule has 1 unspecified atom stereocenters. The van der Waals surface area contributed by atoms with Crippen molar-refractivity contribution in [2.24, 2.45) is 0 Å². The van der Waals surface area contributed by atoms with Gasteiger partial charge < -0.3 is 0 Å². The van der Waals surface area contributed by atoms with E-state index in [1.165, 1.54) is 7.06 Å². The van der Waals surface area contributed by atoms with Crippen molar-refractivity contribution in [1.29, 1.82) is 0 Å². The maximum absolute atomic E-state index is 5.40. The van der Waals surface area contributed by atoms with Gasteiger partial charge in [-0.2, -0.15) is 0 Å². The Bertz CT molecular complexity index is 86.5. The zero-order chi connectivity index (χ0) is 8.69. The van der Waals surface area contributed by atoms with Gasteiger partial charge in [0, 0.05) is 43.0 Å². The lowest BCUT2D eigenvalue weighted by molar-refractivity contribution is 0.877. The van der Waals surface area contributed by atoms with Gasteiger partial charge in [-0.1, -0.05) is 26.1 Å². The van der Waals surface area contributed by atoms with Crippen LogP contribution in [-0.2, 0) is 0 Å². The minimum absolute atomic E-state index is 0.218.